The molecule has 0 spiro atoms. The topological polar surface area (TPSA) is 74.3 Å². The number of methoxy groups -OCH3 is 1. The Labute approximate surface area is 151 Å². The Morgan fingerprint density at radius 1 is 1.12 bits per heavy atom. The maximum atomic E-state index is 11.7. The van der Waals surface area contributed by atoms with E-state index in [1.807, 2.05) is 30.3 Å². The number of fused-ring (bicyclic) bond motifs is 1. The van der Waals surface area contributed by atoms with Crippen LogP contribution in [-0.4, -0.2) is 54.2 Å². The Hall–Kier alpha value is -3.09. The third-order valence-corrected chi connectivity index (χ3v) is 4.68. The van der Waals surface area contributed by atoms with Crippen LogP contribution < -0.4 is 9.80 Å². The fourth-order valence-electron chi connectivity index (χ4n) is 3.31. The van der Waals surface area contributed by atoms with Gasteiger partial charge in [0.15, 0.2) is 0 Å². The van der Waals surface area contributed by atoms with Gasteiger partial charge in [0, 0.05) is 38.1 Å². The molecule has 0 bridgehead atoms. The molecule has 3 aromatic rings. The molecule has 1 N–H and O–H groups in total. The van der Waals surface area contributed by atoms with Crippen molar-refractivity contribution < 1.29 is 9.53 Å². The summed E-state index contributed by atoms with van der Waals surface area (Å²) in [5.41, 5.74) is 3.37. The van der Waals surface area contributed by atoms with Crippen LogP contribution in [0.4, 0.5) is 11.6 Å². The fraction of sp³-hybridized carbons (Fsp3) is 0.316. The number of hydrogen-bond acceptors (Lipinski definition) is 6. The molecule has 1 aliphatic heterocycles. The number of nitrogens with one attached hydrogen (secondary N) is 1. The van der Waals surface area contributed by atoms with E-state index >= 15 is 0 Å². The number of rotatable bonds is 3. The number of hydrogen-bond donors (Lipinski definition) is 1. The number of imidazole rings is 1. The highest BCUT2D eigenvalue weighted by Crippen LogP contribution is 2.21. The molecule has 134 valence electrons. The van der Waals surface area contributed by atoms with Crippen LogP contribution in [0.15, 0.2) is 42.6 Å². The lowest BCUT2D eigenvalue weighted by Gasteiger charge is -2.23. The van der Waals surface area contributed by atoms with Gasteiger partial charge in [0.2, 0.25) is 5.95 Å². The van der Waals surface area contributed by atoms with Gasteiger partial charge in [-0.1, -0.05) is 12.1 Å². The van der Waals surface area contributed by atoms with Crippen LogP contribution in [0.1, 0.15) is 16.9 Å². The molecule has 1 fully saturated rings. The molecule has 2 aromatic heterocycles. The Morgan fingerprint density at radius 2 is 1.92 bits per heavy atom. The van der Waals surface area contributed by atoms with Crippen LogP contribution in [-0.2, 0) is 4.74 Å². The number of H-pyrrole nitrogens is 1. The van der Waals surface area contributed by atoms with Gasteiger partial charge in [-0.25, -0.2) is 14.8 Å². The summed E-state index contributed by atoms with van der Waals surface area (Å²) in [4.78, 5) is 28.5. The minimum Gasteiger partial charge on any atom is -0.464 e. The van der Waals surface area contributed by atoms with Crippen molar-refractivity contribution in [3.05, 3.63) is 48.3 Å². The summed E-state index contributed by atoms with van der Waals surface area (Å²) in [6.07, 6.45) is 2.66. The quantitative estimate of drug-likeness (QED) is 0.731. The van der Waals surface area contributed by atoms with Crippen LogP contribution >= 0.6 is 0 Å². The largest absolute Gasteiger partial charge is 0.464 e. The number of aromatic nitrogens is 3. The molecule has 0 unspecified atom stereocenters. The Balaban J connectivity index is 1.50. The summed E-state index contributed by atoms with van der Waals surface area (Å²) < 4.78 is 4.77. The molecule has 7 heteroatoms. The predicted molar refractivity (Wildman–Crippen MR) is 101 cm³/mol. The second-order valence-electron chi connectivity index (χ2n) is 6.30. The highest BCUT2D eigenvalue weighted by Gasteiger charge is 2.19. The first-order valence-electron chi connectivity index (χ1n) is 8.73. The van der Waals surface area contributed by atoms with E-state index in [4.69, 9.17) is 9.72 Å². The minimum atomic E-state index is -0.412. The Bertz CT molecular complexity index is 890. The molecule has 1 aromatic carbocycles. The van der Waals surface area contributed by atoms with Gasteiger partial charge in [-0.15, -0.1) is 0 Å². The van der Waals surface area contributed by atoms with Crippen molar-refractivity contribution >= 4 is 28.6 Å². The maximum absolute atomic E-state index is 11.7. The van der Waals surface area contributed by atoms with Gasteiger partial charge in [-0.3, -0.25) is 0 Å². The normalized spacial score (nSPS) is 15.1. The van der Waals surface area contributed by atoms with Crippen LogP contribution in [0.5, 0.6) is 0 Å². The lowest BCUT2D eigenvalue weighted by Crippen LogP contribution is -2.31. The van der Waals surface area contributed by atoms with Gasteiger partial charge in [0.25, 0.3) is 0 Å². The molecule has 7 nitrogen and oxygen atoms in total. The van der Waals surface area contributed by atoms with E-state index in [1.54, 1.807) is 12.3 Å². The predicted octanol–water partition coefficient (Wildman–Crippen LogP) is 2.46. The van der Waals surface area contributed by atoms with E-state index in [9.17, 15) is 4.79 Å². The zero-order chi connectivity index (χ0) is 17.9. The van der Waals surface area contributed by atoms with Gasteiger partial charge in [0.1, 0.15) is 5.69 Å². The summed E-state index contributed by atoms with van der Waals surface area (Å²) >= 11 is 0. The SMILES string of the molecule is COC(=O)c1cc(N2CCCN(c3nc4ccccc4[nH]3)CC2)ccn1. The molecule has 26 heavy (non-hydrogen) atoms. The second-order valence-corrected chi connectivity index (χ2v) is 6.30. The highest BCUT2D eigenvalue weighted by atomic mass is 16.5. The first-order chi connectivity index (χ1) is 12.7. The van der Waals surface area contributed by atoms with E-state index < -0.39 is 5.97 Å². The standard InChI is InChI=1S/C19H21N5O2/c1-26-18(25)17-13-14(7-8-20-17)23-9-4-10-24(12-11-23)19-21-15-5-2-3-6-16(15)22-19/h2-3,5-8,13H,4,9-12H2,1H3,(H,21,22). The molecule has 3 heterocycles. The lowest BCUT2D eigenvalue weighted by molar-refractivity contribution is 0.0594. The number of aromatic amines is 1. The molecular weight excluding hydrogens is 330 g/mol. The van der Waals surface area contributed by atoms with Gasteiger partial charge in [0.05, 0.1) is 18.1 Å². The van der Waals surface area contributed by atoms with Gasteiger partial charge >= 0.3 is 5.97 Å². The number of pyridine rings is 1. The minimum absolute atomic E-state index is 0.336. The van der Waals surface area contributed by atoms with Crippen LogP contribution in [0.2, 0.25) is 0 Å². The van der Waals surface area contributed by atoms with E-state index in [1.165, 1.54) is 7.11 Å². The number of anilines is 2. The zero-order valence-corrected chi connectivity index (χ0v) is 14.7. The molecule has 1 saturated heterocycles. The first-order valence-corrected chi connectivity index (χ1v) is 8.73. The average molecular weight is 351 g/mol. The van der Waals surface area contributed by atoms with Gasteiger partial charge in [-0.05, 0) is 30.7 Å². The molecule has 0 amide bonds. The summed E-state index contributed by atoms with van der Waals surface area (Å²) in [5, 5.41) is 0. The zero-order valence-electron chi connectivity index (χ0n) is 14.7. The number of nitrogens with zero attached hydrogens (tertiary/aromatic N) is 4. The Kier molecular flexibility index (Phi) is 4.43. The average Bonchev–Trinajstić information content (AvgIpc) is 2.96. The Morgan fingerprint density at radius 3 is 2.77 bits per heavy atom. The van der Waals surface area contributed by atoms with Crippen molar-refractivity contribution in [2.75, 3.05) is 43.1 Å². The van der Waals surface area contributed by atoms with Crippen LogP contribution in [0, 0.1) is 0 Å². The number of carbonyl (C=O) groups excluding carboxylic acids is 1. The summed E-state index contributed by atoms with van der Waals surface area (Å²) in [6, 6.07) is 11.8. The van der Waals surface area contributed by atoms with E-state index in [2.05, 4.69) is 19.8 Å². The molecule has 0 atom stereocenters. The number of ether oxygens (including phenoxy) is 1. The monoisotopic (exact) mass is 351 g/mol. The van der Waals surface area contributed by atoms with Crippen molar-refractivity contribution in [2.24, 2.45) is 0 Å². The summed E-state index contributed by atoms with van der Waals surface area (Å²) in [5.74, 6) is 0.503. The first kappa shape index (κ1) is 16.4. The molecule has 0 radical (unpaired) electrons. The molecular formula is C19H21N5O2. The van der Waals surface area contributed by atoms with Crippen molar-refractivity contribution in [1.29, 1.82) is 0 Å². The molecule has 0 aliphatic carbocycles. The van der Waals surface area contributed by atoms with Crippen LogP contribution in [0.25, 0.3) is 11.0 Å². The summed E-state index contributed by atoms with van der Waals surface area (Å²) in [6.45, 7) is 3.56. The van der Waals surface area contributed by atoms with E-state index in [0.717, 1.165) is 55.3 Å². The van der Waals surface area contributed by atoms with Gasteiger partial charge in [-0.2, -0.15) is 0 Å². The van der Waals surface area contributed by atoms with Gasteiger partial charge < -0.3 is 19.5 Å². The van der Waals surface area contributed by atoms with E-state index in [0.29, 0.717) is 5.69 Å². The molecule has 1 aliphatic rings. The number of esters is 1. The molecule has 4 rings (SSSR count). The lowest BCUT2D eigenvalue weighted by atomic mass is 10.2. The fourth-order valence-corrected chi connectivity index (χ4v) is 3.31. The van der Waals surface area contributed by atoms with Crippen molar-refractivity contribution in [3.63, 3.8) is 0 Å². The highest BCUT2D eigenvalue weighted by molar-refractivity contribution is 5.88. The maximum Gasteiger partial charge on any atom is 0.356 e. The number of para-hydroxylation sites is 2. The number of carbonyl (C=O) groups is 1. The third kappa shape index (κ3) is 3.20. The van der Waals surface area contributed by atoms with Crippen molar-refractivity contribution in [3.8, 4) is 0 Å². The second kappa shape index (κ2) is 7.03. The van der Waals surface area contributed by atoms with Crippen molar-refractivity contribution in [1.82, 2.24) is 15.0 Å². The smallest absolute Gasteiger partial charge is 0.356 e. The molecule has 0 saturated carbocycles. The van der Waals surface area contributed by atoms with Crippen molar-refractivity contribution in [2.45, 2.75) is 6.42 Å². The number of benzene rings is 1. The van der Waals surface area contributed by atoms with Crippen LogP contribution in [0.3, 0.4) is 0 Å². The third-order valence-electron chi connectivity index (χ3n) is 4.68. The van der Waals surface area contributed by atoms with E-state index in [-0.39, 0.29) is 0 Å². The summed E-state index contributed by atoms with van der Waals surface area (Å²) in [7, 11) is 1.37.